The number of imide groups is 1. The number of hydrogen-bond donors (Lipinski definition) is 1. The number of H-pyrrole nitrogens is 1. The first-order chi connectivity index (χ1) is 13.1. The second kappa shape index (κ2) is 6.32. The summed E-state index contributed by atoms with van der Waals surface area (Å²) in [7, 11) is 0. The third kappa shape index (κ3) is 2.71. The summed E-state index contributed by atoms with van der Waals surface area (Å²) in [6.07, 6.45) is 1.10. The number of nitrogens with one attached hydrogen (secondary N) is 1. The van der Waals surface area contributed by atoms with Crippen molar-refractivity contribution in [2.75, 3.05) is 11.4 Å². The summed E-state index contributed by atoms with van der Waals surface area (Å²) >= 11 is 3.41. The lowest BCUT2D eigenvalue weighted by atomic mass is 10.0. The Morgan fingerprint density at radius 1 is 1.07 bits per heavy atom. The highest BCUT2D eigenvalue weighted by Crippen LogP contribution is 2.32. The molecule has 1 saturated heterocycles. The molecular formula is C21H18BrN3O2. The molecule has 2 aliphatic rings. The number of halogens is 1. The van der Waals surface area contributed by atoms with Gasteiger partial charge in [-0.25, -0.2) is 4.90 Å². The van der Waals surface area contributed by atoms with Gasteiger partial charge in [-0.15, -0.1) is 0 Å². The van der Waals surface area contributed by atoms with Gasteiger partial charge in [-0.05, 0) is 29.8 Å². The zero-order valence-electron chi connectivity index (χ0n) is 14.6. The number of nitrogens with zero attached hydrogens (tertiary/aromatic N) is 2. The van der Waals surface area contributed by atoms with Gasteiger partial charge in [0.1, 0.15) is 0 Å². The normalized spacial score (nSPS) is 20.5. The van der Waals surface area contributed by atoms with Crippen LogP contribution in [0.4, 0.5) is 5.69 Å². The fourth-order valence-corrected chi connectivity index (χ4v) is 4.63. The van der Waals surface area contributed by atoms with Crippen molar-refractivity contribution in [3.8, 4) is 0 Å². The van der Waals surface area contributed by atoms with E-state index in [9.17, 15) is 9.59 Å². The van der Waals surface area contributed by atoms with Gasteiger partial charge < -0.3 is 4.98 Å². The summed E-state index contributed by atoms with van der Waals surface area (Å²) in [4.78, 5) is 32.7. The van der Waals surface area contributed by atoms with Crippen LogP contribution in [0.1, 0.15) is 17.7 Å². The average Bonchev–Trinajstić information content (AvgIpc) is 3.18. The van der Waals surface area contributed by atoms with Gasteiger partial charge in [0.2, 0.25) is 5.91 Å². The average molecular weight is 424 g/mol. The molecule has 0 bridgehead atoms. The lowest BCUT2D eigenvalue weighted by Crippen LogP contribution is -2.44. The molecule has 2 amide bonds. The SMILES string of the molecule is O=C1C[C@@H](N2CCc3[nH]c4ccccc4c3C2)C(=O)N1c1cccc(Br)c1. The molecule has 136 valence electrons. The Kier molecular flexibility index (Phi) is 3.91. The van der Waals surface area contributed by atoms with E-state index in [1.165, 1.54) is 21.5 Å². The molecule has 6 heteroatoms. The Balaban J connectivity index is 1.44. The van der Waals surface area contributed by atoms with E-state index in [0.717, 1.165) is 23.0 Å². The fourth-order valence-electron chi connectivity index (χ4n) is 4.24. The van der Waals surface area contributed by atoms with Crippen LogP contribution in [0.5, 0.6) is 0 Å². The summed E-state index contributed by atoms with van der Waals surface area (Å²) in [6.45, 7) is 1.46. The first-order valence-electron chi connectivity index (χ1n) is 9.07. The van der Waals surface area contributed by atoms with Crippen LogP contribution in [0.3, 0.4) is 0 Å². The number of amides is 2. The Morgan fingerprint density at radius 3 is 2.78 bits per heavy atom. The lowest BCUT2D eigenvalue weighted by molar-refractivity contribution is -0.123. The van der Waals surface area contributed by atoms with Crippen molar-refractivity contribution in [3.05, 3.63) is 64.3 Å². The largest absolute Gasteiger partial charge is 0.358 e. The van der Waals surface area contributed by atoms with Crippen LogP contribution in [-0.2, 0) is 22.6 Å². The van der Waals surface area contributed by atoms with Gasteiger partial charge in [-0.1, -0.05) is 40.2 Å². The molecule has 2 aliphatic heterocycles. The van der Waals surface area contributed by atoms with E-state index < -0.39 is 6.04 Å². The predicted octanol–water partition coefficient (Wildman–Crippen LogP) is 3.62. The zero-order chi connectivity index (χ0) is 18.5. The molecule has 1 fully saturated rings. The van der Waals surface area contributed by atoms with Gasteiger partial charge in [-0.2, -0.15) is 0 Å². The van der Waals surface area contributed by atoms with Crippen LogP contribution in [0.15, 0.2) is 53.0 Å². The quantitative estimate of drug-likeness (QED) is 0.640. The highest BCUT2D eigenvalue weighted by atomic mass is 79.9. The molecule has 1 aromatic heterocycles. The summed E-state index contributed by atoms with van der Waals surface area (Å²) in [6, 6.07) is 15.2. The van der Waals surface area contributed by atoms with Gasteiger partial charge in [0, 0.05) is 40.6 Å². The molecule has 3 aromatic rings. The third-order valence-corrected chi connectivity index (χ3v) is 6.04. The number of aromatic nitrogens is 1. The van der Waals surface area contributed by atoms with Gasteiger partial charge in [-0.3, -0.25) is 14.5 Å². The minimum absolute atomic E-state index is 0.124. The van der Waals surface area contributed by atoms with Crippen LogP contribution in [-0.4, -0.2) is 34.3 Å². The van der Waals surface area contributed by atoms with E-state index in [2.05, 4.69) is 37.9 Å². The second-order valence-electron chi connectivity index (χ2n) is 7.12. The number of rotatable bonds is 2. The predicted molar refractivity (Wildman–Crippen MR) is 107 cm³/mol. The van der Waals surface area contributed by atoms with Crippen LogP contribution >= 0.6 is 15.9 Å². The number of benzene rings is 2. The molecule has 27 heavy (non-hydrogen) atoms. The minimum Gasteiger partial charge on any atom is -0.358 e. The number of fused-ring (bicyclic) bond motifs is 3. The van der Waals surface area contributed by atoms with Crippen molar-refractivity contribution in [1.82, 2.24) is 9.88 Å². The van der Waals surface area contributed by atoms with Crippen LogP contribution in [0.2, 0.25) is 0 Å². The van der Waals surface area contributed by atoms with Crippen LogP contribution in [0.25, 0.3) is 10.9 Å². The molecule has 1 atom stereocenters. The van der Waals surface area contributed by atoms with Crippen molar-refractivity contribution in [2.45, 2.75) is 25.4 Å². The van der Waals surface area contributed by atoms with Crippen molar-refractivity contribution in [3.63, 3.8) is 0 Å². The van der Waals surface area contributed by atoms with E-state index in [1.807, 2.05) is 30.3 Å². The Labute approximate surface area is 165 Å². The van der Waals surface area contributed by atoms with Gasteiger partial charge >= 0.3 is 0 Å². The molecule has 3 heterocycles. The van der Waals surface area contributed by atoms with Crippen molar-refractivity contribution < 1.29 is 9.59 Å². The number of hydrogen-bond acceptors (Lipinski definition) is 3. The molecule has 5 rings (SSSR count). The summed E-state index contributed by atoms with van der Waals surface area (Å²) in [5, 5.41) is 1.21. The monoisotopic (exact) mass is 423 g/mol. The van der Waals surface area contributed by atoms with Crippen molar-refractivity contribution in [2.24, 2.45) is 0 Å². The smallest absolute Gasteiger partial charge is 0.251 e. The molecule has 5 nitrogen and oxygen atoms in total. The van der Waals surface area contributed by atoms with Crippen LogP contribution in [0, 0.1) is 0 Å². The second-order valence-corrected chi connectivity index (χ2v) is 8.03. The van der Waals surface area contributed by atoms with Gasteiger partial charge in [0.15, 0.2) is 0 Å². The summed E-state index contributed by atoms with van der Waals surface area (Å²) in [5.74, 6) is -0.255. The highest BCUT2D eigenvalue weighted by molar-refractivity contribution is 9.10. The van der Waals surface area contributed by atoms with Crippen molar-refractivity contribution in [1.29, 1.82) is 0 Å². The maximum atomic E-state index is 13.1. The fraction of sp³-hybridized carbons (Fsp3) is 0.238. The molecule has 2 aromatic carbocycles. The van der Waals surface area contributed by atoms with Crippen LogP contribution < -0.4 is 4.90 Å². The number of carbonyl (C=O) groups excluding carboxylic acids is 2. The summed E-state index contributed by atoms with van der Waals surface area (Å²) in [5.41, 5.74) is 4.26. The molecule has 1 N–H and O–H groups in total. The topological polar surface area (TPSA) is 56.4 Å². The number of anilines is 1. The van der Waals surface area contributed by atoms with E-state index in [4.69, 9.17) is 0 Å². The number of para-hydroxylation sites is 1. The van der Waals surface area contributed by atoms with Gasteiger partial charge in [0.05, 0.1) is 18.2 Å². The number of carbonyl (C=O) groups is 2. The molecular weight excluding hydrogens is 406 g/mol. The first-order valence-corrected chi connectivity index (χ1v) is 9.86. The van der Waals surface area contributed by atoms with E-state index in [0.29, 0.717) is 12.2 Å². The van der Waals surface area contributed by atoms with E-state index in [1.54, 1.807) is 6.07 Å². The first kappa shape index (κ1) is 16.7. The Morgan fingerprint density at radius 2 is 1.93 bits per heavy atom. The Hall–Kier alpha value is -2.44. The maximum absolute atomic E-state index is 13.1. The lowest BCUT2D eigenvalue weighted by Gasteiger charge is -2.31. The standard InChI is InChI=1S/C21H18BrN3O2/c22-13-4-3-5-14(10-13)25-20(26)11-19(21(25)27)24-9-8-18-16(12-24)15-6-1-2-7-17(15)23-18/h1-7,10,19,23H,8-9,11-12H2/t19-/m1/s1. The Bertz CT molecular complexity index is 1070. The van der Waals surface area contributed by atoms with E-state index in [-0.39, 0.29) is 18.2 Å². The van der Waals surface area contributed by atoms with E-state index >= 15 is 0 Å². The highest BCUT2D eigenvalue weighted by Gasteiger charge is 2.43. The number of aromatic amines is 1. The summed E-state index contributed by atoms with van der Waals surface area (Å²) < 4.78 is 0.852. The molecule has 0 radical (unpaired) electrons. The molecule has 0 spiro atoms. The molecule has 0 unspecified atom stereocenters. The zero-order valence-corrected chi connectivity index (χ0v) is 16.2. The maximum Gasteiger partial charge on any atom is 0.251 e. The molecule has 0 saturated carbocycles. The third-order valence-electron chi connectivity index (χ3n) is 5.54. The van der Waals surface area contributed by atoms with Crippen molar-refractivity contribution >= 4 is 44.3 Å². The molecule has 0 aliphatic carbocycles. The minimum atomic E-state index is -0.390. The van der Waals surface area contributed by atoms with Gasteiger partial charge in [0.25, 0.3) is 5.91 Å².